The summed E-state index contributed by atoms with van der Waals surface area (Å²) in [4.78, 5) is 37.2. The second-order valence-electron chi connectivity index (χ2n) is 9.24. The summed E-state index contributed by atoms with van der Waals surface area (Å²) in [5.74, 6) is -0.579. The number of anilines is 2. The number of aromatic nitrogens is 2. The van der Waals surface area contributed by atoms with Crippen LogP contribution in [0.1, 0.15) is 74.8 Å². The number of piperidine rings is 1. The fourth-order valence-electron chi connectivity index (χ4n) is 5.04. The lowest BCUT2D eigenvalue weighted by atomic mass is 9.78. The Morgan fingerprint density at radius 2 is 1.91 bits per heavy atom. The molecule has 2 aromatic heterocycles. The summed E-state index contributed by atoms with van der Waals surface area (Å²) in [6.07, 6.45) is 10.2. The minimum absolute atomic E-state index is 0.0339. The number of hydrogen-bond acceptors (Lipinski definition) is 6. The zero-order chi connectivity index (χ0) is 23.2. The number of nitrogens with one attached hydrogen (secondary N) is 1. The number of carbonyl (C=O) groups is 2. The van der Waals surface area contributed by atoms with E-state index in [1.165, 1.54) is 17.7 Å². The van der Waals surface area contributed by atoms with Gasteiger partial charge in [0.2, 0.25) is 5.91 Å². The number of unbranched alkanes of at least 4 members (excludes halogenated alkanes) is 1. The number of hydrogen-bond donors (Lipinski definition) is 2. The van der Waals surface area contributed by atoms with Crippen LogP contribution in [0.3, 0.4) is 0 Å². The van der Waals surface area contributed by atoms with Crippen LogP contribution < -0.4 is 5.32 Å². The quantitative estimate of drug-likeness (QED) is 0.549. The van der Waals surface area contributed by atoms with Crippen molar-refractivity contribution in [3.8, 4) is 0 Å². The first-order chi connectivity index (χ1) is 16.0. The Balaban J connectivity index is 1.34. The van der Waals surface area contributed by atoms with Crippen molar-refractivity contribution in [2.45, 2.75) is 70.6 Å². The third kappa shape index (κ3) is 5.91. The molecule has 178 valence electrons. The number of likely N-dealkylation sites (tertiary alicyclic amines) is 1. The molecule has 0 radical (unpaired) electrons. The van der Waals surface area contributed by atoms with E-state index in [2.05, 4.69) is 23.3 Å². The predicted octanol–water partition coefficient (Wildman–Crippen LogP) is 5.22. The molecule has 2 atom stereocenters. The first-order valence-electron chi connectivity index (χ1n) is 12.3. The molecule has 1 saturated heterocycles. The van der Waals surface area contributed by atoms with Crippen molar-refractivity contribution >= 4 is 34.2 Å². The molecule has 2 aromatic rings. The topological polar surface area (TPSA) is 95.4 Å². The minimum Gasteiger partial charge on any atom is -0.481 e. The van der Waals surface area contributed by atoms with E-state index in [0.717, 1.165) is 48.7 Å². The molecule has 2 fully saturated rings. The molecule has 4 rings (SSSR count). The summed E-state index contributed by atoms with van der Waals surface area (Å²) < 4.78 is 0. The van der Waals surface area contributed by atoms with E-state index in [-0.39, 0.29) is 11.8 Å². The number of rotatable bonds is 8. The van der Waals surface area contributed by atoms with Crippen molar-refractivity contribution < 1.29 is 14.7 Å². The highest BCUT2D eigenvalue weighted by atomic mass is 32.1. The third-order valence-corrected chi connectivity index (χ3v) is 7.93. The van der Waals surface area contributed by atoms with Gasteiger partial charge in [-0.15, -0.1) is 11.3 Å². The van der Waals surface area contributed by atoms with E-state index in [1.807, 2.05) is 23.2 Å². The molecule has 1 aliphatic heterocycles. The molecule has 0 spiro atoms. The van der Waals surface area contributed by atoms with Crippen LogP contribution in [0.4, 0.5) is 10.9 Å². The first kappa shape index (κ1) is 23.7. The van der Waals surface area contributed by atoms with Gasteiger partial charge in [-0.3, -0.25) is 9.59 Å². The van der Waals surface area contributed by atoms with Gasteiger partial charge in [0.05, 0.1) is 11.8 Å². The van der Waals surface area contributed by atoms with Crippen LogP contribution in [0, 0.1) is 11.8 Å². The van der Waals surface area contributed by atoms with Gasteiger partial charge < -0.3 is 15.3 Å². The monoisotopic (exact) mass is 470 g/mol. The van der Waals surface area contributed by atoms with E-state index in [1.54, 1.807) is 11.3 Å². The third-order valence-electron chi connectivity index (χ3n) is 6.96. The number of carboxylic acids is 1. The summed E-state index contributed by atoms with van der Waals surface area (Å²) in [6, 6.07) is 6.04. The lowest BCUT2D eigenvalue weighted by molar-refractivity contribution is -0.152. The van der Waals surface area contributed by atoms with Gasteiger partial charge in [-0.2, -0.15) is 0 Å². The minimum atomic E-state index is -0.825. The van der Waals surface area contributed by atoms with Gasteiger partial charge in [-0.05, 0) is 50.7 Å². The average Bonchev–Trinajstić information content (AvgIpc) is 3.29. The second-order valence-corrected chi connectivity index (χ2v) is 10.4. The lowest BCUT2D eigenvalue weighted by Gasteiger charge is -2.36. The fraction of sp³-hybridized carbons (Fsp3) is 0.600. The molecule has 2 N–H and O–H groups in total. The molecule has 33 heavy (non-hydrogen) atoms. The van der Waals surface area contributed by atoms with Crippen molar-refractivity contribution in [3.05, 3.63) is 35.0 Å². The number of amides is 1. The molecule has 1 saturated carbocycles. The van der Waals surface area contributed by atoms with Crippen LogP contribution in [-0.2, 0) is 16.0 Å². The summed E-state index contributed by atoms with van der Waals surface area (Å²) in [6.45, 7) is 3.52. The Bertz CT molecular complexity index is 955. The maximum absolute atomic E-state index is 13.1. The van der Waals surface area contributed by atoms with Crippen LogP contribution in [0.2, 0.25) is 0 Å². The van der Waals surface area contributed by atoms with Crippen LogP contribution in [0.25, 0.3) is 0 Å². The predicted molar refractivity (Wildman–Crippen MR) is 130 cm³/mol. The number of nitrogens with zero attached hydrogens (tertiary/aromatic N) is 3. The Morgan fingerprint density at radius 1 is 1.15 bits per heavy atom. The summed E-state index contributed by atoms with van der Waals surface area (Å²) >= 11 is 1.68. The SMILES string of the molecule is CCCCc1cnc(Nc2cccc(C3CCN(C(=O)[C@H]4CCCC[C@H]4C(=O)O)CC3)n2)s1. The van der Waals surface area contributed by atoms with Crippen LogP contribution in [0.15, 0.2) is 24.4 Å². The number of thiazole rings is 1. The van der Waals surface area contributed by atoms with Gasteiger partial charge in [-0.1, -0.05) is 32.3 Å². The fourth-order valence-corrected chi connectivity index (χ4v) is 5.90. The summed E-state index contributed by atoms with van der Waals surface area (Å²) in [7, 11) is 0. The van der Waals surface area contributed by atoms with Gasteiger partial charge in [0.15, 0.2) is 5.13 Å². The molecule has 1 amide bonds. The molecular weight excluding hydrogens is 436 g/mol. The standard InChI is InChI=1S/C25H34N4O3S/c1-2-3-7-18-16-26-25(33-18)28-22-11-6-10-21(27-22)17-12-14-29(15-13-17)23(30)19-8-4-5-9-20(19)24(31)32/h6,10-11,16-17,19-20H,2-5,7-9,12-15H2,1H3,(H,31,32)(H,26,27,28)/t19-,20+/m0/s1. The smallest absolute Gasteiger partial charge is 0.307 e. The molecule has 8 heteroatoms. The zero-order valence-corrected chi connectivity index (χ0v) is 20.1. The molecular formula is C25H34N4O3S. The largest absolute Gasteiger partial charge is 0.481 e. The highest BCUT2D eigenvalue weighted by Crippen LogP contribution is 2.34. The Morgan fingerprint density at radius 3 is 2.64 bits per heavy atom. The number of carboxylic acid groups (broad SMARTS) is 1. The maximum atomic E-state index is 13.1. The number of carbonyl (C=O) groups excluding carboxylic acids is 1. The first-order valence-corrected chi connectivity index (χ1v) is 13.1. The van der Waals surface area contributed by atoms with Gasteiger partial charge >= 0.3 is 5.97 Å². The second kappa shape index (κ2) is 11.1. The van der Waals surface area contributed by atoms with Gasteiger partial charge in [0.25, 0.3) is 0 Å². The summed E-state index contributed by atoms with van der Waals surface area (Å²) in [5, 5.41) is 13.7. The number of aliphatic carboxylic acids is 1. The zero-order valence-electron chi connectivity index (χ0n) is 19.3. The molecule has 0 unspecified atom stereocenters. The van der Waals surface area contributed by atoms with E-state index < -0.39 is 11.9 Å². The molecule has 0 aromatic carbocycles. The Hall–Kier alpha value is -2.48. The van der Waals surface area contributed by atoms with Crippen LogP contribution >= 0.6 is 11.3 Å². The molecule has 7 nitrogen and oxygen atoms in total. The van der Waals surface area contributed by atoms with Crippen molar-refractivity contribution in [2.75, 3.05) is 18.4 Å². The molecule has 0 bridgehead atoms. The molecule has 1 aliphatic carbocycles. The highest BCUT2D eigenvalue weighted by molar-refractivity contribution is 7.15. The summed E-state index contributed by atoms with van der Waals surface area (Å²) in [5.41, 5.74) is 1.04. The normalized spacial score (nSPS) is 21.7. The van der Waals surface area contributed by atoms with E-state index in [9.17, 15) is 14.7 Å². The van der Waals surface area contributed by atoms with E-state index in [4.69, 9.17) is 4.98 Å². The van der Waals surface area contributed by atoms with E-state index >= 15 is 0 Å². The van der Waals surface area contributed by atoms with Crippen LogP contribution in [0.5, 0.6) is 0 Å². The highest BCUT2D eigenvalue weighted by Gasteiger charge is 2.38. The van der Waals surface area contributed by atoms with Gasteiger partial charge in [-0.25, -0.2) is 9.97 Å². The lowest BCUT2D eigenvalue weighted by Crippen LogP contribution is -2.45. The van der Waals surface area contributed by atoms with Gasteiger partial charge in [0.1, 0.15) is 5.82 Å². The van der Waals surface area contributed by atoms with Crippen molar-refractivity contribution in [3.63, 3.8) is 0 Å². The maximum Gasteiger partial charge on any atom is 0.307 e. The van der Waals surface area contributed by atoms with E-state index in [0.29, 0.717) is 31.8 Å². The van der Waals surface area contributed by atoms with Crippen molar-refractivity contribution in [2.24, 2.45) is 11.8 Å². The average molecular weight is 471 g/mol. The van der Waals surface area contributed by atoms with Gasteiger partial charge in [0, 0.05) is 35.8 Å². The number of pyridine rings is 1. The molecule has 3 heterocycles. The Labute approximate surface area is 199 Å². The number of aryl methyl sites for hydroxylation is 1. The Kier molecular flexibility index (Phi) is 7.96. The van der Waals surface area contributed by atoms with Crippen LogP contribution in [-0.4, -0.2) is 44.9 Å². The van der Waals surface area contributed by atoms with Crippen molar-refractivity contribution in [1.82, 2.24) is 14.9 Å². The van der Waals surface area contributed by atoms with Crippen molar-refractivity contribution in [1.29, 1.82) is 0 Å². The molecule has 2 aliphatic rings.